The number of carbonyl (C=O) groups excluding carboxylic acids is 1. The minimum atomic E-state index is -0.588. The van der Waals surface area contributed by atoms with Crippen LogP contribution in [0.2, 0.25) is 0 Å². The molecule has 1 aliphatic carbocycles. The van der Waals surface area contributed by atoms with E-state index in [0.29, 0.717) is 19.0 Å². The van der Waals surface area contributed by atoms with Crippen LogP contribution >= 0.6 is 0 Å². The molecule has 1 heterocycles. The number of carbonyl (C=O) groups is 1. The van der Waals surface area contributed by atoms with E-state index >= 15 is 0 Å². The van der Waals surface area contributed by atoms with Crippen molar-refractivity contribution in [3.8, 4) is 0 Å². The van der Waals surface area contributed by atoms with Crippen molar-refractivity contribution in [1.82, 2.24) is 4.90 Å². The monoisotopic (exact) mass is 156 g/mol. The molecule has 1 aliphatic heterocycles. The van der Waals surface area contributed by atoms with E-state index in [2.05, 4.69) is 0 Å². The maximum absolute atomic E-state index is 10.5. The number of primary amides is 1. The summed E-state index contributed by atoms with van der Waals surface area (Å²) in [5.41, 5.74) is 4.43. The molecule has 1 saturated heterocycles. The lowest BCUT2D eigenvalue weighted by Gasteiger charge is -2.45. The van der Waals surface area contributed by atoms with Gasteiger partial charge >= 0.3 is 6.03 Å². The number of nitrogens with zero attached hydrogens (tertiary/aromatic N) is 1. The van der Waals surface area contributed by atoms with Gasteiger partial charge < -0.3 is 15.7 Å². The fraction of sp³-hybridized carbons (Fsp3) is 0.857. The first-order valence-electron chi connectivity index (χ1n) is 3.88. The molecule has 1 saturated carbocycles. The summed E-state index contributed by atoms with van der Waals surface area (Å²) in [4.78, 5) is 12.0. The van der Waals surface area contributed by atoms with E-state index < -0.39 is 11.6 Å². The molecule has 0 aromatic rings. The lowest BCUT2D eigenvalue weighted by molar-refractivity contribution is -0.0904. The Bertz CT molecular complexity index is 195. The van der Waals surface area contributed by atoms with Crippen molar-refractivity contribution < 1.29 is 9.90 Å². The molecule has 2 amide bonds. The van der Waals surface area contributed by atoms with Crippen molar-refractivity contribution in [2.75, 3.05) is 13.1 Å². The molecule has 62 valence electrons. The van der Waals surface area contributed by atoms with Crippen molar-refractivity contribution >= 4 is 6.03 Å². The maximum Gasteiger partial charge on any atom is 0.314 e. The number of rotatable bonds is 1. The molecule has 0 unspecified atom stereocenters. The third kappa shape index (κ3) is 0.976. The number of aliphatic hydroxyl groups is 1. The van der Waals surface area contributed by atoms with Crippen molar-refractivity contribution in [3.05, 3.63) is 0 Å². The van der Waals surface area contributed by atoms with Gasteiger partial charge in [0, 0.05) is 0 Å². The van der Waals surface area contributed by atoms with Gasteiger partial charge in [-0.1, -0.05) is 0 Å². The summed E-state index contributed by atoms with van der Waals surface area (Å²) in [5, 5.41) is 9.72. The van der Waals surface area contributed by atoms with Gasteiger partial charge in [-0.05, 0) is 18.8 Å². The summed E-state index contributed by atoms with van der Waals surface area (Å²) in [6.07, 6.45) is 2.20. The predicted octanol–water partition coefficient (Wildman–Crippen LogP) is -0.478. The highest BCUT2D eigenvalue weighted by atomic mass is 16.3. The van der Waals surface area contributed by atoms with Crippen LogP contribution in [0.1, 0.15) is 12.8 Å². The molecule has 2 aliphatic rings. The predicted molar refractivity (Wildman–Crippen MR) is 38.8 cm³/mol. The Morgan fingerprint density at radius 2 is 2.09 bits per heavy atom. The summed E-state index contributed by atoms with van der Waals surface area (Å²) < 4.78 is 0. The Balaban J connectivity index is 1.90. The third-order valence-electron chi connectivity index (χ3n) is 2.58. The molecular formula is C7H12N2O2. The Morgan fingerprint density at radius 3 is 2.45 bits per heavy atom. The van der Waals surface area contributed by atoms with Crippen molar-refractivity contribution in [2.24, 2.45) is 11.7 Å². The first-order chi connectivity index (χ1) is 5.12. The summed E-state index contributed by atoms with van der Waals surface area (Å²) in [6.45, 7) is 0.875. The van der Waals surface area contributed by atoms with Crippen molar-refractivity contribution in [2.45, 2.75) is 18.4 Å². The average Bonchev–Trinajstić information content (AvgIpc) is 2.60. The molecule has 0 bridgehead atoms. The van der Waals surface area contributed by atoms with Gasteiger partial charge in [0.15, 0.2) is 0 Å². The lowest BCUT2D eigenvalue weighted by atomic mass is 9.89. The number of urea groups is 1. The summed E-state index contributed by atoms with van der Waals surface area (Å²) in [5.74, 6) is 0.429. The highest BCUT2D eigenvalue weighted by Crippen LogP contribution is 2.44. The number of β-amino-alcohol motifs (C(OH)–C–C–N with tert-alkyl or cyclic N) is 1. The molecule has 0 aromatic heterocycles. The average molecular weight is 156 g/mol. The van der Waals surface area contributed by atoms with Gasteiger partial charge in [-0.15, -0.1) is 0 Å². The van der Waals surface area contributed by atoms with Crippen LogP contribution in [0.3, 0.4) is 0 Å². The molecule has 0 spiro atoms. The number of amides is 2. The van der Waals surface area contributed by atoms with Gasteiger partial charge in [0.1, 0.15) is 5.60 Å². The normalized spacial score (nSPS) is 27.9. The molecule has 11 heavy (non-hydrogen) atoms. The van der Waals surface area contributed by atoms with Gasteiger partial charge in [0.25, 0.3) is 0 Å². The second-order valence-corrected chi connectivity index (χ2v) is 3.57. The topological polar surface area (TPSA) is 66.6 Å². The zero-order valence-electron chi connectivity index (χ0n) is 6.29. The highest BCUT2D eigenvalue weighted by molar-refractivity contribution is 5.73. The molecule has 0 atom stereocenters. The number of likely N-dealkylation sites (tertiary alicyclic amines) is 1. The van der Waals surface area contributed by atoms with Crippen LogP contribution in [-0.2, 0) is 0 Å². The summed E-state index contributed by atoms with van der Waals surface area (Å²) >= 11 is 0. The fourth-order valence-corrected chi connectivity index (χ4v) is 1.65. The molecule has 0 aromatic carbocycles. The van der Waals surface area contributed by atoms with Gasteiger partial charge in [0.05, 0.1) is 13.1 Å². The van der Waals surface area contributed by atoms with Crippen molar-refractivity contribution in [3.63, 3.8) is 0 Å². The Hall–Kier alpha value is -0.770. The molecular weight excluding hydrogens is 144 g/mol. The van der Waals surface area contributed by atoms with Crippen LogP contribution in [0.4, 0.5) is 4.79 Å². The van der Waals surface area contributed by atoms with E-state index in [1.165, 1.54) is 4.90 Å². The van der Waals surface area contributed by atoms with Gasteiger partial charge in [-0.2, -0.15) is 0 Å². The van der Waals surface area contributed by atoms with Crippen LogP contribution in [0.25, 0.3) is 0 Å². The summed E-state index contributed by atoms with van der Waals surface area (Å²) in [6, 6.07) is -0.421. The smallest absolute Gasteiger partial charge is 0.314 e. The van der Waals surface area contributed by atoms with E-state index in [4.69, 9.17) is 5.73 Å². The van der Waals surface area contributed by atoms with Gasteiger partial charge in [-0.3, -0.25) is 0 Å². The molecule has 3 N–H and O–H groups in total. The molecule has 2 fully saturated rings. The van der Waals surface area contributed by atoms with Gasteiger partial charge in [-0.25, -0.2) is 4.79 Å². The molecule has 4 heteroatoms. The standard InChI is InChI=1S/C7H12N2O2/c8-6(10)9-3-7(11,4-9)5-1-2-5/h5,11H,1-4H2,(H2,8,10). The first kappa shape index (κ1) is 6.91. The van der Waals surface area contributed by atoms with E-state index in [9.17, 15) is 9.90 Å². The second kappa shape index (κ2) is 1.88. The highest BCUT2D eigenvalue weighted by Gasteiger charge is 2.52. The largest absolute Gasteiger partial charge is 0.386 e. The number of hydrogen-bond acceptors (Lipinski definition) is 2. The fourth-order valence-electron chi connectivity index (χ4n) is 1.65. The zero-order chi connectivity index (χ0) is 8.06. The molecule has 0 radical (unpaired) electrons. The van der Waals surface area contributed by atoms with Crippen LogP contribution in [0.15, 0.2) is 0 Å². The lowest BCUT2D eigenvalue weighted by Crippen LogP contribution is -2.65. The van der Waals surface area contributed by atoms with E-state index in [0.717, 1.165) is 12.8 Å². The number of hydrogen-bond donors (Lipinski definition) is 2. The van der Waals surface area contributed by atoms with Crippen molar-refractivity contribution in [1.29, 1.82) is 0 Å². The van der Waals surface area contributed by atoms with Crippen LogP contribution in [-0.4, -0.2) is 34.7 Å². The van der Waals surface area contributed by atoms with E-state index in [1.807, 2.05) is 0 Å². The maximum atomic E-state index is 10.5. The van der Waals surface area contributed by atoms with Crippen LogP contribution < -0.4 is 5.73 Å². The first-order valence-corrected chi connectivity index (χ1v) is 3.88. The Morgan fingerprint density at radius 1 is 1.55 bits per heavy atom. The molecule has 2 rings (SSSR count). The Labute approximate surface area is 65.0 Å². The van der Waals surface area contributed by atoms with Crippen LogP contribution in [0.5, 0.6) is 0 Å². The van der Waals surface area contributed by atoms with Crippen LogP contribution in [0, 0.1) is 5.92 Å². The van der Waals surface area contributed by atoms with E-state index in [-0.39, 0.29) is 0 Å². The summed E-state index contributed by atoms with van der Waals surface area (Å²) in [7, 11) is 0. The van der Waals surface area contributed by atoms with E-state index in [1.54, 1.807) is 0 Å². The van der Waals surface area contributed by atoms with Gasteiger partial charge in [0.2, 0.25) is 0 Å². The molecule has 4 nitrogen and oxygen atoms in total. The number of nitrogens with two attached hydrogens (primary N) is 1. The zero-order valence-corrected chi connectivity index (χ0v) is 6.29. The third-order valence-corrected chi connectivity index (χ3v) is 2.58. The minimum absolute atomic E-state index is 0.421. The Kier molecular flexibility index (Phi) is 1.18. The minimum Gasteiger partial charge on any atom is -0.386 e. The SMILES string of the molecule is NC(=O)N1CC(O)(C2CC2)C1. The quantitative estimate of drug-likeness (QED) is 0.538. The second-order valence-electron chi connectivity index (χ2n) is 3.57.